The van der Waals surface area contributed by atoms with E-state index >= 15 is 0 Å². The van der Waals surface area contributed by atoms with Gasteiger partial charge >= 0.3 is 0 Å². The zero-order chi connectivity index (χ0) is 13.7. The number of hydrogen-bond donors (Lipinski definition) is 0. The SMILES string of the molecule is CCCc1c(F)c(CCC)c(F)c(CCC)c1F. The van der Waals surface area contributed by atoms with E-state index in [0.717, 1.165) is 0 Å². The quantitative estimate of drug-likeness (QED) is 0.676. The van der Waals surface area contributed by atoms with E-state index in [1.165, 1.54) is 0 Å². The summed E-state index contributed by atoms with van der Waals surface area (Å²) in [6.07, 6.45) is 2.92. The predicted molar refractivity (Wildman–Crippen MR) is 68.3 cm³/mol. The molecule has 1 aromatic carbocycles. The standard InChI is InChI=1S/C15H21F3/c1-4-7-10-13(16)11(8-5-2)15(18)12(9-6-3)14(10)17/h4-9H2,1-3H3. The number of rotatable bonds is 6. The van der Waals surface area contributed by atoms with Gasteiger partial charge in [-0.05, 0) is 19.3 Å². The van der Waals surface area contributed by atoms with E-state index in [9.17, 15) is 13.2 Å². The Kier molecular flexibility index (Phi) is 5.70. The van der Waals surface area contributed by atoms with E-state index in [0.29, 0.717) is 38.5 Å². The van der Waals surface area contributed by atoms with Crippen LogP contribution < -0.4 is 0 Å². The molecule has 18 heavy (non-hydrogen) atoms. The molecule has 0 N–H and O–H groups in total. The van der Waals surface area contributed by atoms with Crippen molar-refractivity contribution in [1.82, 2.24) is 0 Å². The molecular weight excluding hydrogens is 237 g/mol. The summed E-state index contributed by atoms with van der Waals surface area (Å²) in [4.78, 5) is 0. The minimum Gasteiger partial charge on any atom is -0.206 e. The maximum atomic E-state index is 14.1. The van der Waals surface area contributed by atoms with Crippen molar-refractivity contribution in [2.24, 2.45) is 0 Å². The highest BCUT2D eigenvalue weighted by Crippen LogP contribution is 2.28. The molecule has 0 bridgehead atoms. The smallest absolute Gasteiger partial charge is 0.135 e. The maximum absolute atomic E-state index is 14.1. The average molecular weight is 258 g/mol. The molecule has 0 atom stereocenters. The van der Waals surface area contributed by atoms with E-state index in [2.05, 4.69) is 0 Å². The summed E-state index contributed by atoms with van der Waals surface area (Å²) < 4.78 is 42.3. The molecule has 0 heterocycles. The molecule has 0 aliphatic heterocycles. The zero-order valence-corrected chi connectivity index (χ0v) is 11.4. The number of hydrogen-bond acceptors (Lipinski definition) is 0. The molecule has 0 nitrogen and oxygen atoms in total. The predicted octanol–water partition coefficient (Wildman–Crippen LogP) is 4.96. The van der Waals surface area contributed by atoms with Crippen LogP contribution in [0.5, 0.6) is 0 Å². The Morgan fingerprint density at radius 3 is 0.944 bits per heavy atom. The fourth-order valence-electron chi connectivity index (χ4n) is 2.24. The monoisotopic (exact) mass is 258 g/mol. The highest BCUT2D eigenvalue weighted by molar-refractivity contribution is 5.36. The summed E-state index contributed by atoms with van der Waals surface area (Å²) in [5, 5.41) is 0. The lowest BCUT2D eigenvalue weighted by atomic mass is 9.95. The summed E-state index contributed by atoms with van der Waals surface area (Å²) in [6, 6.07) is 0. The summed E-state index contributed by atoms with van der Waals surface area (Å²) in [7, 11) is 0. The summed E-state index contributed by atoms with van der Waals surface area (Å²) in [6.45, 7) is 5.59. The fourth-order valence-corrected chi connectivity index (χ4v) is 2.24. The highest BCUT2D eigenvalue weighted by atomic mass is 19.1. The Labute approximate surface area is 107 Å². The lowest BCUT2D eigenvalue weighted by Gasteiger charge is -2.15. The first-order valence-corrected chi connectivity index (χ1v) is 6.75. The van der Waals surface area contributed by atoms with E-state index in [4.69, 9.17) is 0 Å². The van der Waals surface area contributed by atoms with Gasteiger partial charge in [-0.1, -0.05) is 40.0 Å². The third-order valence-electron chi connectivity index (χ3n) is 3.09. The molecule has 0 amide bonds. The average Bonchev–Trinajstić information content (AvgIpc) is 2.35. The van der Waals surface area contributed by atoms with Crippen molar-refractivity contribution in [3.05, 3.63) is 34.1 Å². The molecule has 0 saturated carbocycles. The van der Waals surface area contributed by atoms with Crippen LogP contribution in [0.1, 0.15) is 56.7 Å². The first-order chi connectivity index (χ1) is 8.58. The fraction of sp³-hybridized carbons (Fsp3) is 0.600. The zero-order valence-electron chi connectivity index (χ0n) is 11.4. The second-order valence-corrected chi connectivity index (χ2v) is 4.63. The van der Waals surface area contributed by atoms with Gasteiger partial charge in [0.1, 0.15) is 17.5 Å². The minimum atomic E-state index is -0.673. The third-order valence-corrected chi connectivity index (χ3v) is 3.09. The lowest BCUT2D eigenvalue weighted by molar-refractivity contribution is 0.486. The first-order valence-electron chi connectivity index (χ1n) is 6.75. The van der Waals surface area contributed by atoms with Crippen molar-refractivity contribution in [3.8, 4) is 0 Å². The van der Waals surface area contributed by atoms with Gasteiger partial charge in [-0.15, -0.1) is 0 Å². The van der Waals surface area contributed by atoms with Gasteiger partial charge in [0.15, 0.2) is 0 Å². The Hall–Kier alpha value is -0.990. The second-order valence-electron chi connectivity index (χ2n) is 4.63. The summed E-state index contributed by atoms with van der Waals surface area (Å²) in [5.41, 5.74) is 0.183. The van der Waals surface area contributed by atoms with Gasteiger partial charge in [0, 0.05) is 16.7 Å². The van der Waals surface area contributed by atoms with Crippen molar-refractivity contribution < 1.29 is 13.2 Å². The summed E-state index contributed by atoms with van der Waals surface area (Å²) >= 11 is 0. The summed E-state index contributed by atoms with van der Waals surface area (Å²) in [5.74, 6) is -2.02. The molecular formula is C15H21F3. The molecule has 0 saturated heterocycles. The maximum Gasteiger partial charge on any atom is 0.135 e. The van der Waals surface area contributed by atoms with Crippen LogP contribution in [0.25, 0.3) is 0 Å². The topological polar surface area (TPSA) is 0 Å². The number of halogens is 3. The Bertz CT molecular complexity index is 328. The van der Waals surface area contributed by atoms with Crippen LogP contribution in [0, 0.1) is 17.5 Å². The van der Waals surface area contributed by atoms with Gasteiger partial charge in [0.25, 0.3) is 0 Å². The third kappa shape index (κ3) is 2.88. The van der Waals surface area contributed by atoms with Crippen LogP contribution in [0.3, 0.4) is 0 Å². The van der Waals surface area contributed by atoms with Crippen LogP contribution in [-0.4, -0.2) is 0 Å². The van der Waals surface area contributed by atoms with E-state index in [1.807, 2.05) is 20.8 Å². The van der Waals surface area contributed by atoms with Crippen molar-refractivity contribution >= 4 is 0 Å². The Morgan fingerprint density at radius 2 is 0.778 bits per heavy atom. The molecule has 0 fully saturated rings. The molecule has 102 valence electrons. The Balaban J connectivity index is 3.42. The van der Waals surface area contributed by atoms with Crippen LogP contribution in [0.4, 0.5) is 13.2 Å². The van der Waals surface area contributed by atoms with Crippen LogP contribution in [0.2, 0.25) is 0 Å². The van der Waals surface area contributed by atoms with Crippen LogP contribution in [0.15, 0.2) is 0 Å². The van der Waals surface area contributed by atoms with Crippen LogP contribution in [-0.2, 0) is 19.3 Å². The van der Waals surface area contributed by atoms with Crippen molar-refractivity contribution in [1.29, 1.82) is 0 Å². The van der Waals surface area contributed by atoms with Gasteiger partial charge < -0.3 is 0 Å². The Morgan fingerprint density at radius 1 is 0.556 bits per heavy atom. The number of benzene rings is 1. The molecule has 0 aliphatic carbocycles. The van der Waals surface area contributed by atoms with Crippen LogP contribution >= 0.6 is 0 Å². The molecule has 1 rings (SSSR count). The molecule has 0 aromatic heterocycles. The highest BCUT2D eigenvalue weighted by Gasteiger charge is 2.23. The van der Waals surface area contributed by atoms with Crippen molar-refractivity contribution in [3.63, 3.8) is 0 Å². The van der Waals surface area contributed by atoms with Gasteiger partial charge in [-0.3, -0.25) is 0 Å². The van der Waals surface area contributed by atoms with Crippen molar-refractivity contribution in [2.75, 3.05) is 0 Å². The normalized spacial score (nSPS) is 11.0. The van der Waals surface area contributed by atoms with E-state index in [-0.39, 0.29) is 16.7 Å². The van der Waals surface area contributed by atoms with Gasteiger partial charge in [0.05, 0.1) is 0 Å². The van der Waals surface area contributed by atoms with Gasteiger partial charge in [0.2, 0.25) is 0 Å². The minimum absolute atomic E-state index is 0.0609. The van der Waals surface area contributed by atoms with Crippen molar-refractivity contribution in [2.45, 2.75) is 59.3 Å². The van der Waals surface area contributed by atoms with E-state index in [1.54, 1.807) is 0 Å². The molecule has 0 unspecified atom stereocenters. The van der Waals surface area contributed by atoms with Gasteiger partial charge in [-0.2, -0.15) is 0 Å². The molecule has 3 heteroatoms. The molecule has 0 spiro atoms. The van der Waals surface area contributed by atoms with E-state index < -0.39 is 17.5 Å². The lowest BCUT2D eigenvalue weighted by Crippen LogP contribution is -2.10. The largest absolute Gasteiger partial charge is 0.206 e. The second kappa shape index (κ2) is 6.81. The first kappa shape index (κ1) is 15.1. The van der Waals surface area contributed by atoms with Gasteiger partial charge in [-0.25, -0.2) is 13.2 Å². The molecule has 1 aromatic rings. The molecule has 0 radical (unpaired) electrons. The molecule has 0 aliphatic rings.